The zero-order valence-corrected chi connectivity index (χ0v) is 37.3. The van der Waals surface area contributed by atoms with Crippen LogP contribution in [-0.4, -0.2) is 108 Å². The molecule has 59 heavy (non-hydrogen) atoms. The van der Waals surface area contributed by atoms with E-state index in [0.717, 1.165) is 67.9 Å². The average Bonchev–Trinajstić information content (AvgIpc) is 3.73. The van der Waals surface area contributed by atoms with E-state index in [1.54, 1.807) is 14.7 Å². The molecule has 3 aliphatic rings. The van der Waals surface area contributed by atoms with Gasteiger partial charge in [-0.2, -0.15) is 0 Å². The number of amides is 4. The zero-order chi connectivity index (χ0) is 42.4. The molecule has 2 unspecified atom stereocenters. The van der Waals surface area contributed by atoms with Crippen LogP contribution in [0.2, 0.25) is 17.1 Å². The molecule has 3 aliphatic heterocycles. The maximum absolute atomic E-state index is 15.3. The topological polar surface area (TPSA) is 133 Å². The number of likely N-dealkylation sites (N-methyl/N-ethyl adjacent to an activating group) is 1. The van der Waals surface area contributed by atoms with Gasteiger partial charge in [0.2, 0.25) is 23.6 Å². The molecule has 0 spiro atoms. The van der Waals surface area contributed by atoms with Crippen molar-refractivity contribution in [2.24, 2.45) is 0 Å². The normalized spacial score (nSPS) is 22.2. The lowest BCUT2D eigenvalue weighted by Crippen LogP contribution is -2.56. The van der Waals surface area contributed by atoms with Crippen LogP contribution >= 0.6 is 0 Å². The van der Waals surface area contributed by atoms with Gasteiger partial charge in [0.05, 0.1) is 0 Å². The molecule has 0 aromatic heterocycles. The predicted molar refractivity (Wildman–Crippen MR) is 231 cm³/mol. The van der Waals surface area contributed by atoms with Crippen molar-refractivity contribution in [3.8, 4) is 0 Å². The number of likely N-dealkylation sites (tertiary alicyclic amines) is 2. The van der Waals surface area contributed by atoms with Crippen LogP contribution in [0, 0.1) is 0 Å². The summed E-state index contributed by atoms with van der Waals surface area (Å²) in [5.41, 5.74) is 2.81. The van der Waals surface area contributed by atoms with E-state index in [0.29, 0.717) is 56.5 Å². The molecule has 3 saturated heterocycles. The Balaban J connectivity index is 0.00000214. The van der Waals surface area contributed by atoms with E-state index in [2.05, 4.69) is 26.1 Å². The third-order valence-corrected chi connectivity index (χ3v) is 18.7. The molecule has 11 nitrogen and oxygen atoms in total. The summed E-state index contributed by atoms with van der Waals surface area (Å²) in [6, 6.07) is 29.6. The summed E-state index contributed by atoms with van der Waals surface area (Å²) in [6.45, 7) is 9.73. The van der Waals surface area contributed by atoms with Crippen LogP contribution in [-0.2, 0) is 37.9 Å². The summed E-state index contributed by atoms with van der Waals surface area (Å²) >= 11 is 0. The van der Waals surface area contributed by atoms with Crippen molar-refractivity contribution < 1.29 is 32.5 Å². The second-order valence-electron chi connectivity index (χ2n) is 16.3. The van der Waals surface area contributed by atoms with Crippen molar-refractivity contribution in [1.82, 2.24) is 20.0 Å². The number of carbonyl (C=O) groups is 4. The molecule has 0 saturated carbocycles. The molecule has 3 heterocycles. The molecule has 13 heteroatoms. The Morgan fingerprint density at radius 2 is 1.27 bits per heavy atom. The number of benzene rings is 3. The second-order valence-corrected chi connectivity index (χ2v) is 21.0. The molecule has 3 aromatic carbocycles. The standard InChI is InChI=1S/C46H62N4O5Si.O2Si/c1-5-55-56(35(2)36(56)3)34-20-30-47-42(51)29-16-9-17-31-48(4)43(52)40-27-18-32-49(40)44(53)41-28-19-33-50(41)45(54)46(37-21-10-6-11-22-37,38-23-12-7-13-24-38)39-25-14-8-15-26-39;1-3-2/h6-8,10-15,21-26,35-36,40-41H,5,9,16-20,27-34H2,1-4H3,(H,47,51);/t35?,36?,40-,41-,56?;/m0./s1. The fraction of sp³-hybridized carbons (Fsp3) is 0.522. The van der Waals surface area contributed by atoms with Crippen molar-refractivity contribution in [3.05, 3.63) is 108 Å². The highest BCUT2D eigenvalue weighted by Gasteiger charge is 2.62. The minimum absolute atomic E-state index is 0.0515. The molecular weight excluding hydrogens is 777 g/mol. The minimum atomic E-state index is -1.59. The first-order chi connectivity index (χ1) is 28.6. The number of hydrogen-bond acceptors (Lipinski definition) is 7. The highest BCUT2D eigenvalue weighted by molar-refractivity contribution is 6.87. The first-order valence-electron chi connectivity index (χ1n) is 21.5. The lowest BCUT2D eigenvalue weighted by atomic mass is 9.68. The van der Waals surface area contributed by atoms with Crippen LogP contribution < -0.4 is 5.32 Å². The summed E-state index contributed by atoms with van der Waals surface area (Å²) in [5, 5.41) is 3.09. The summed E-state index contributed by atoms with van der Waals surface area (Å²) < 4.78 is 23.0. The van der Waals surface area contributed by atoms with Gasteiger partial charge in [0.25, 0.3) is 0 Å². The van der Waals surface area contributed by atoms with Crippen LogP contribution in [0.15, 0.2) is 91.0 Å². The van der Waals surface area contributed by atoms with Gasteiger partial charge in [-0.1, -0.05) is 111 Å². The molecule has 4 atom stereocenters. The maximum Gasteiger partial charge on any atom is 0.549 e. The highest BCUT2D eigenvalue weighted by atomic mass is 28.4. The predicted octanol–water partition coefficient (Wildman–Crippen LogP) is 6.69. The van der Waals surface area contributed by atoms with E-state index in [4.69, 9.17) is 13.3 Å². The van der Waals surface area contributed by atoms with Crippen molar-refractivity contribution in [2.75, 3.05) is 39.8 Å². The molecule has 3 fully saturated rings. The Morgan fingerprint density at radius 3 is 1.78 bits per heavy atom. The van der Waals surface area contributed by atoms with Crippen molar-refractivity contribution >= 4 is 41.2 Å². The summed E-state index contributed by atoms with van der Waals surface area (Å²) in [7, 11) is -1.19. The third kappa shape index (κ3) is 10.3. The Bertz CT molecular complexity index is 1770. The average molecular weight is 839 g/mol. The fourth-order valence-corrected chi connectivity index (χ4v) is 14.7. The Kier molecular flexibility index (Phi) is 16.8. The second kappa shape index (κ2) is 21.7. The van der Waals surface area contributed by atoms with Crippen molar-refractivity contribution in [2.45, 2.75) is 113 Å². The molecule has 6 rings (SSSR count). The monoisotopic (exact) mass is 838 g/mol. The highest BCUT2D eigenvalue weighted by Crippen LogP contribution is 2.61. The lowest BCUT2D eigenvalue weighted by molar-refractivity contribution is -0.149. The molecule has 0 aliphatic carbocycles. The third-order valence-electron chi connectivity index (χ3n) is 13.0. The Morgan fingerprint density at radius 1 is 0.763 bits per heavy atom. The number of nitrogens with zero attached hydrogens (tertiary/aromatic N) is 3. The van der Waals surface area contributed by atoms with E-state index in [9.17, 15) is 14.4 Å². The van der Waals surface area contributed by atoms with E-state index in [1.165, 1.54) is 0 Å². The van der Waals surface area contributed by atoms with Crippen LogP contribution in [0.25, 0.3) is 0 Å². The van der Waals surface area contributed by atoms with E-state index < -0.39 is 35.1 Å². The zero-order valence-electron chi connectivity index (χ0n) is 35.3. The number of carbonyl (C=O) groups excluding carboxylic acids is 4. The number of rotatable bonds is 18. The summed E-state index contributed by atoms with van der Waals surface area (Å²) in [6.07, 6.45) is 6.52. The van der Waals surface area contributed by atoms with Gasteiger partial charge >= 0.3 is 9.29 Å². The smallest absolute Gasteiger partial charge is 0.417 e. The first kappa shape index (κ1) is 45.6. The lowest BCUT2D eigenvalue weighted by Gasteiger charge is -2.40. The molecule has 0 radical (unpaired) electrons. The van der Waals surface area contributed by atoms with Gasteiger partial charge in [-0.3, -0.25) is 28.1 Å². The van der Waals surface area contributed by atoms with Gasteiger partial charge in [-0.25, -0.2) is 0 Å². The van der Waals surface area contributed by atoms with Gasteiger partial charge in [-0.15, -0.1) is 0 Å². The molecule has 316 valence electrons. The molecule has 3 aromatic rings. The van der Waals surface area contributed by atoms with Crippen LogP contribution in [0.5, 0.6) is 0 Å². The largest absolute Gasteiger partial charge is 0.549 e. The van der Waals surface area contributed by atoms with Gasteiger partial charge in [-0.05, 0) is 85.7 Å². The number of nitrogens with one attached hydrogen (secondary N) is 1. The van der Waals surface area contributed by atoms with Crippen molar-refractivity contribution in [1.29, 1.82) is 0 Å². The van der Waals surface area contributed by atoms with Crippen molar-refractivity contribution in [3.63, 3.8) is 0 Å². The van der Waals surface area contributed by atoms with Gasteiger partial charge in [0, 0.05) is 46.3 Å². The van der Waals surface area contributed by atoms with Crippen LogP contribution in [0.3, 0.4) is 0 Å². The minimum Gasteiger partial charge on any atom is -0.417 e. The Labute approximate surface area is 353 Å². The van der Waals surface area contributed by atoms with Crippen LogP contribution in [0.1, 0.15) is 95.2 Å². The molecule has 0 bridgehead atoms. The Hall–Kier alpha value is -4.47. The van der Waals surface area contributed by atoms with Gasteiger partial charge in [0.15, 0.2) is 8.32 Å². The van der Waals surface area contributed by atoms with Gasteiger partial charge < -0.3 is 24.4 Å². The fourth-order valence-electron chi connectivity index (χ4n) is 9.64. The molecule has 4 amide bonds. The summed E-state index contributed by atoms with van der Waals surface area (Å²) in [4.78, 5) is 61.5. The van der Waals surface area contributed by atoms with E-state index >= 15 is 4.79 Å². The summed E-state index contributed by atoms with van der Waals surface area (Å²) in [5.74, 6) is -0.217. The maximum atomic E-state index is 15.3. The van der Waals surface area contributed by atoms with Gasteiger partial charge in [0.1, 0.15) is 17.5 Å². The molecular formula is C46H62N4O7Si2. The van der Waals surface area contributed by atoms with E-state index in [1.807, 2.05) is 98.0 Å². The quantitative estimate of drug-likeness (QED) is 0.0859. The van der Waals surface area contributed by atoms with Crippen LogP contribution in [0.4, 0.5) is 0 Å². The SMILES string of the molecule is CCO[Si]1(CCCNC(=O)CCCCCN(C)C(=O)[C@@H]2CCCN2C(=O)[C@@H]2CCCN2C(=O)C(c2ccccc2)(c2ccccc2)c2ccccc2)C(C)C1C.O=[Si]=O. The van der Waals surface area contributed by atoms with E-state index in [-0.39, 0.29) is 23.6 Å². The first-order valence-corrected chi connectivity index (χ1v) is 24.6. The number of hydrogen-bond donors (Lipinski definition) is 1. The molecule has 1 N–H and O–H groups in total. The number of unbranched alkanes of at least 4 members (excludes halogenated alkanes) is 2.